The van der Waals surface area contributed by atoms with Gasteiger partial charge in [-0.05, 0) is 0 Å². The van der Waals surface area contributed by atoms with Crippen molar-refractivity contribution in [2.24, 2.45) is 0 Å². The molecule has 0 aliphatic rings. The van der Waals surface area contributed by atoms with Crippen molar-refractivity contribution < 1.29 is 45.5 Å². The molecule has 0 rings (SSSR count). The first-order valence-electron chi connectivity index (χ1n) is 1.91. The van der Waals surface area contributed by atoms with E-state index in [1.54, 1.807) is 0 Å². The Labute approximate surface area is 71.2 Å². The first kappa shape index (κ1) is 9.70. The normalized spacial score (nSPS) is 6.00. The van der Waals surface area contributed by atoms with E-state index in [1.165, 1.54) is 12.8 Å². The molecule has 0 aliphatic heterocycles. The number of hydrogen-bond donors (Lipinski definition) is 0. The summed E-state index contributed by atoms with van der Waals surface area (Å²) in [5.74, 6) is 0. The van der Waals surface area contributed by atoms with Gasteiger partial charge in [0, 0.05) is 45.5 Å². The van der Waals surface area contributed by atoms with Gasteiger partial charge in [-0.15, -0.1) is 0 Å². The maximum Gasteiger partial charge on any atom is 0 e. The molecule has 0 aromatic rings. The van der Waals surface area contributed by atoms with E-state index in [4.69, 9.17) is 0 Å². The van der Waals surface area contributed by atoms with Gasteiger partial charge in [-0.3, -0.25) is 0 Å². The number of hydrogen-bond acceptors (Lipinski definition) is 0. The number of rotatable bonds is 1. The van der Waals surface area contributed by atoms with E-state index in [2.05, 4.69) is 13.8 Å². The molecule has 0 amide bonds. The zero-order chi connectivity index (χ0) is 3.41. The third-order valence-electron chi connectivity index (χ3n) is 0.500. The number of unbranched alkanes of at least 4 members (excludes halogenated alkanes) is 1. The van der Waals surface area contributed by atoms with Crippen LogP contribution in [0.4, 0.5) is 0 Å². The van der Waals surface area contributed by atoms with Gasteiger partial charge in [0.2, 0.25) is 0 Å². The van der Waals surface area contributed by atoms with Gasteiger partial charge in [0.1, 0.15) is 0 Å². The first-order valence-corrected chi connectivity index (χ1v) is 1.91. The Kier molecular flexibility index (Phi) is 17.6. The molecule has 0 N–H and O–H groups in total. The summed E-state index contributed by atoms with van der Waals surface area (Å²) in [5, 5.41) is 0. The Bertz CT molecular complexity index is 5.61. The van der Waals surface area contributed by atoms with Crippen molar-refractivity contribution in [3.63, 3.8) is 0 Å². The summed E-state index contributed by atoms with van der Waals surface area (Å²) >= 11 is 0. The van der Waals surface area contributed by atoms with Gasteiger partial charge in [-0.1, -0.05) is 26.7 Å². The summed E-state index contributed by atoms with van der Waals surface area (Å²) in [4.78, 5) is 0. The van der Waals surface area contributed by atoms with Crippen molar-refractivity contribution in [1.29, 1.82) is 0 Å². The first-order chi connectivity index (χ1) is 1.91. The topological polar surface area (TPSA) is 0 Å². The molecule has 1 heteroatoms. The molecule has 34 valence electrons. The van der Waals surface area contributed by atoms with Crippen LogP contribution in [-0.4, -0.2) is 0 Å². The fourth-order valence-corrected chi connectivity index (χ4v) is 0. The van der Waals surface area contributed by atoms with Crippen LogP contribution in [0.2, 0.25) is 0 Å². The monoisotopic (exact) mass is 142 g/mol. The van der Waals surface area contributed by atoms with E-state index in [0.717, 1.165) is 0 Å². The van der Waals surface area contributed by atoms with Crippen LogP contribution in [0.15, 0.2) is 0 Å². The van der Waals surface area contributed by atoms with Gasteiger partial charge in [0.15, 0.2) is 0 Å². The molecule has 5 heavy (non-hydrogen) atoms. The third-order valence-corrected chi connectivity index (χ3v) is 0.500. The molecule has 0 unspecified atom stereocenters. The minimum Gasteiger partial charge on any atom is -0.0654 e. The molecule has 0 radical (unpaired) electrons. The van der Waals surface area contributed by atoms with E-state index in [0.29, 0.717) is 0 Å². The van der Waals surface area contributed by atoms with Gasteiger partial charge < -0.3 is 0 Å². The van der Waals surface area contributed by atoms with E-state index in [-0.39, 0.29) is 45.5 Å². The second-order valence-electron chi connectivity index (χ2n) is 1.000. The fraction of sp³-hybridized carbons (Fsp3) is 1.00. The zero-order valence-electron chi connectivity index (χ0n) is 3.77. The second-order valence-corrected chi connectivity index (χ2v) is 1.000. The standard InChI is InChI=1S/C4H10.Kr/c1-3-4-2;/h3-4H2,1-2H3;. The van der Waals surface area contributed by atoms with Gasteiger partial charge >= 0.3 is 0 Å². The summed E-state index contributed by atoms with van der Waals surface area (Å²) in [5.41, 5.74) is 0. The summed E-state index contributed by atoms with van der Waals surface area (Å²) in [7, 11) is 0. The van der Waals surface area contributed by atoms with Gasteiger partial charge in [-0.25, -0.2) is 0 Å². The van der Waals surface area contributed by atoms with Crippen LogP contribution >= 0.6 is 0 Å². The summed E-state index contributed by atoms with van der Waals surface area (Å²) < 4.78 is 0. The minimum absolute atomic E-state index is 0. The zero-order valence-corrected chi connectivity index (χ0v) is 5.25. The van der Waals surface area contributed by atoms with Crippen LogP contribution in [0.5, 0.6) is 0 Å². The van der Waals surface area contributed by atoms with E-state index in [9.17, 15) is 0 Å². The van der Waals surface area contributed by atoms with Gasteiger partial charge in [0.25, 0.3) is 0 Å². The van der Waals surface area contributed by atoms with Crippen molar-refractivity contribution in [1.82, 2.24) is 0 Å². The second kappa shape index (κ2) is 9.08. The molecular formula is C4H10Kr. The van der Waals surface area contributed by atoms with Gasteiger partial charge in [0.05, 0.1) is 0 Å². The quantitative estimate of drug-likeness (QED) is 0.523. The average Bonchev–Trinajstić information content (AvgIpc) is 1.37. The van der Waals surface area contributed by atoms with Crippen molar-refractivity contribution >= 4 is 0 Å². The van der Waals surface area contributed by atoms with Gasteiger partial charge in [-0.2, -0.15) is 0 Å². The van der Waals surface area contributed by atoms with Crippen LogP contribution in [0.1, 0.15) is 26.7 Å². The smallest absolute Gasteiger partial charge is 0 e. The van der Waals surface area contributed by atoms with E-state index < -0.39 is 0 Å². The Balaban J connectivity index is 0. The molecule has 0 atom stereocenters. The summed E-state index contributed by atoms with van der Waals surface area (Å²) in [6, 6.07) is 0. The van der Waals surface area contributed by atoms with Crippen LogP contribution in [-0.2, 0) is 0 Å². The molecule has 0 aromatic heterocycles. The van der Waals surface area contributed by atoms with E-state index in [1.807, 2.05) is 0 Å². The van der Waals surface area contributed by atoms with Crippen LogP contribution in [0, 0.1) is 45.5 Å². The Morgan fingerprint density at radius 1 is 1.00 bits per heavy atom. The molecule has 0 saturated carbocycles. The molecule has 0 heterocycles. The fourth-order valence-electron chi connectivity index (χ4n) is 0. The van der Waals surface area contributed by atoms with Crippen molar-refractivity contribution in [3.8, 4) is 0 Å². The predicted molar refractivity (Wildman–Crippen MR) is 20.6 cm³/mol. The summed E-state index contributed by atoms with van der Waals surface area (Å²) in [6.07, 6.45) is 2.64. The average molecular weight is 142 g/mol. The maximum atomic E-state index is 2.18. The van der Waals surface area contributed by atoms with Crippen LogP contribution in [0.3, 0.4) is 0 Å². The van der Waals surface area contributed by atoms with Crippen molar-refractivity contribution in [2.45, 2.75) is 26.7 Å². The van der Waals surface area contributed by atoms with Crippen LogP contribution < -0.4 is 0 Å². The minimum atomic E-state index is 0. The largest absolute Gasteiger partial charge is 0.0654 e. The molecule has 0 fully saturated rings. The van der Waals surface area contributed by atoms with Crippen LogP contribution in [0.25, 0.3) is 0 Å². The molecule has 0 aromatic carbocycles. The third kappa shape index (κ3) is 10.8. The SMILES string of the molecule is CCCC.[Kr]. The molecule has 0 bridgehead atoms. The molecular weight excluding hydrogens is 132 g/mol. The Hall–Kier alpha value is 1.48. The molecule has 0 spiro atoms. The predicted octanol–water partition coefficient (Wildman–Crippen LogP) is 1.81. The maximum absolute atomic E-state index is 2.18. The molecule has 0 nitrogen and oxygen atoms in total. The van der Waals surface area contributed by atoms with Crippen molar-refractivity contribution in [3.05, 3.63) is 0 Å². The summed E-state index contributed by atoms with van der Waals surface area (Å²) in [6.45, 7) is 4.36. The molecule has 0 saturated heterocycles. The van der Waals surface area contributed by atoms with E-state index >= 15 is 0 Å². The molecule has 0 aliphatic carbocycles. The van der Waals surface area contributed by atoms with Crippen molar-refractivity contribution in [2.75, 3.05) is 0 Å². The Morgan fingerprint density at radius 3 is 1.20 bits per heavy atom. The Morgan fingerprint density at radius 2 is 1.20 bits per heavy atom.